The Morgan fingerprint density at radius 2 is 2.00 bits per heavy atom. The molecule has 1 fully saturated rings. The number of benzene rings is 1. The van der Waals surface area contributed by atoms with Crippen LogP contribution in [0.25, 0.3) is 11.3 Å². The molecule has 2 heterocycles. The molecule has 1 aliphatic rings. The van der Waals surface area contributed by atoms with Crippen molar-refractivity contribution in [2.45, 2.75) is 12.8 Å². The summed E-state index contributed by atoms with van der Waals surface area (Å²) in [5.41, 5.74) is 2.65. The van der Waals surface area contributed by atoms with Gasteiger partial charge >= 0.3 is 6.09 Å². The molecule has 1 aromatic heterocycles. The lowest BCUT2D eigenvalue weighted by atomic mass is 10.1. The molecule has 1 saturated heterocycles. The van der Waals surface area contributed by atoms with Crippen molar-refractivity contribution in [3.8, 4) is 11.3 Å². The van der Waals surface area contributed by atoms with E-state index < -0.39 is 6.09 Å². The largest absolute Gasteiger partial charge is 0.632 e. The Labute approximate surface area is 143 Å². The van der Waals surface area contributed by atoms with Crippen LogP contribution in [0.3, 0.4) is 0 Å². The van der Waals surface area contributed by atoms with Crippen molar-refractivity contribution in [2.24, 2.45) is 0 Å². The number of aromatic nitrogens is 2. The predicted octanol–water partition coefficient (Wildman–Crippen LogP) is 2.16. The summed E-state index contributed by atoms with van der Waals surface area (Å²) < 4.78 is 0. The van der Waals surface area contributed by atoms with E-state index in [0.29, 0.717) is 10.7 Å². The molecule has 8 heteroatoms. The molecular weight excluding hydrogens is 330 g/mol. The number of anilines is 1. The first kappa shape index (κ1) is 16.2. The lowest BCUT2D eigenvalue weighted by Gasteiger charge is -2.19. The van der Waals surface area contributed by atoms with Crippen LogP contribution in [0.1, 0.15) is 18.5 Å². The Hall–Kier alpha value is -2.67. The van der Waals surface area contributed by atoms with Gasteiger partial charge in [-0.1, -0.05) is 17.7 Å². The third-order valence-electron chi connectivity index (χ3n) is 3.85. The third-order valence-corrected chi connectivity index (χ3v) is 4.15. The highest BCUT2D eigenvalue weighted by molar-refractivity contribution is 6.33. The highest BCUT2D eigenvalue weighted by Crippen LogP contribution is 2.32. The number of amidine groups is 1. The van der Waals surface area contributed by atoms with Crippen molar-refractivity contribution >= 4 is 29.2 Å². The molecule has 1 aliphatic heterocycles. The van der Waals surface area contributed by atoms with Gasteiger partial charge in [-0.3, -0.25) is 5.41 Å². The highest BCUT2D eigenvalue weighted by atomic mass is 35.5. The van der Waals surface area contributed by atoms with Crippen LogP contribution >= 0.6 is 11.6 Å². The molecule has 0 aliphatic carbocycles. The van der Waals surface area contributed by atoms with Gasteiger partial charge in [0.2, 0.25) is 0 Å². The topological polar surface area (TPSA) is 105 Å². The predicted molar refractivity (Wildman–Crippen MR) is 92.9 cm³/mol. The van der Waals surface area contributed by atoms with Gasteiger partial charge in [-0.05, 0) is 31.0 Å². The van der Waals surface area contributed by atoms with Gasteiger partial charge in [0.05, 0.1) is 21.2 Å². The zero-order valence-corrected chi connectivity index (χ0v) is 13.6. The zero-order chi connectivity index (χ0) is 17.1. The molecule has 0 unspecified atom stereocenters. The second-order valence-corrected chi connectivity index (χ2v) is 5.89. The van der Waals surface area contributed by atoms with Crippen molar-refractivity contribution in [1.82, 2.24) is 15.3 Å². The van der Waals surface area contributed by atoms with Crippen molar-refractivity contribution in [1.29, 1.82) is 5.41 Å². The summed E-state index contributed by atoms with van der Waals surface area (Å²) in [5.74, 6) is -0.238. The van der Waals surface area contributed by atoms with Crippen molar-refractivity contribution in [3.63, 3.8) is 0 Å². The SMILES string of the molecule is N=C(NC(=O)[OH2+])c1cc(-c2ccc(N3CCCC3)c(Cl)c2)ncn1. The van der Waals surface area contributed by atoms with Crippen LogP contribution in [0.2, 0.25) is 5.02 Å². The summed E-state index contributed by atoms with van der Waals surface area (Å²) in [5, 5.41) is 17.3. The average Bonchev–Trinajstić information content (AvgIpc) is 3.08. The number of nitrogens with one attached hydrogen (secondary N) is 2. The molecular formula is C16H17ClN5O2+. The standard InChI is InChI=1S/C16H16ClN5O2/c17-11-7-10(3-4-14(11)22-5-1-2-6-22)12-8-13(20-9-19-12)15(18)21-16(23)24/h3-4,7-9H,1-2,5-6H2,(H2,18,21)(H,23,24)/p+1. The quantitative estimate of drug-likeness (QED) is 0.504. The Morgan fingerprint density at radius 3 is 2.67 bits per heavy atom. The summed E-state index contributed by atoms with van der Waals surface area (Å²) in [7, 11) is 0. The Kier molecular flexibility index (Phi) is 4.61. The molecule has 2 aromatic rings. The van der Waals surface area contributed by atoms with Crippen LogP contribution in [-0.4, -0.2) is 40.1 Å². The lowest BCUT2D eigenvalue weighted by Crippen LogP contribution is -2.29. The number of nitrogens with zero attached hydrogens (tertiary/aromatic N) is 3. The summed E-state index contributed by atoms with van der Waals surface area (Å²) in [6.07, 6.45) is 2.62. The Balaban J connectivity index is 1.87. The minimum Gasteiger partial charge on any atom is -0.547 e. The molecule has 4 N–H and O–H groups in total. The Morgan fingerprint density at radius 1 is 1.25 bits per heavy atom. The number of amides is 1. The van der Waals surface area contributed by atoms with Crippen LogP contribution in [0, 0.1) is 5.41 Å². The first-order valence-corrected chi connectivity index (χ1v) is 7.91. The van der Waals surface area contributed by atoms with Crippen molar-refractivity contribution < 1.29 is 9.90 Å². The van der Waals surface area contributed by atoms with Crippen molar-refractivity contribution in [3.05, 3.63) is 41.3 Å². The van der Waals surface area contributed by atoms with Crippen LogP contribution in [0.15, 0.2) is 30.6 Å². The second-order valence-electron chi connectivity index (χ2n) is 5.48. The molecule has 3 rings (SSSR count). The van der Waals surface area contributed by atoms with E-state index in [4.69, 9.17) is 22.1 Å². The molecule has 124 valence electrons. The normalized spacial score (nSPS) is 13.8. The third kappa shape index (κ3) is 3.46. The minimum absolute atomic E-state index is 0.236. The maximum atomic E-state index is 10.7. The van der Waals surface area contributed by atoms with E-state index in [1.54, 1.807) is 6.07 Å². The summed E-state index contributed by atoms with van der Waals surface area (Å²) in [6, 6.07) is 7.33. The summed E-state index contributed by atoms with van der Waals surface area (Å²) in [4.78, 5) is 21.1. The van der Waals surface area contributed by atoms with Gasteiger partial charge in [0.1, 0.15) is 12.0 Å². The van der Waals surface area contributed by atoms with E-state index >= 15 is 0 Å². The van der Waals surface area contributed by atoms with Gasteiger partial charge in [0.25, 0.3) is 0 Å². The molecule has 7 nitrogen and oxygen atoms in total. The lowest BCUT2D eigenvalue weighted by molar-refractivity contribution is 0.200. The van der Waals surface area contributed by atoms with Gasteiger partial charge in [0.15, 0.2) is 5.84 Å². The first-order chi connectivity index (χ1) is 11.5. The smallest absolute Gasteiger partial charge is 0.547 e. The summed E-state index contributed by atoms with van der Waals surface area (Å²) >= 11 is 6.42. The fraction of sp³-hybridized carbons (Fsp3) is 0.250. The average molecular weight is 347 g/mol. The molecule has 1 amide bonds. The maximum Gasteiger partial charge on any atom is 0.632 e. The number of carbonyl (C=O) groups is 1. The van der Waals surface area contributed by atoms with Crippen LogP contribution in [0.4, 0.5) is 10.5 Å². The fourth-order valence-electron chi connectivity index (χ4n) is 2.71. The van der Waals surface area contributed by atoms with Crippen LogP contribution < -0.4 is 10.2 Å². The number of halogens is 1. The first-order valence-electron chi connectivity index (χ1n) is 7.53. The Bertz CT molecular complexity index is 790. The van der Waals surface area contributed by atoms with E-state index in [0.717, 1.165) is 24.3 Å². The highest BCUT2D eigenvalue weighted by Gasteiger charge is 2.17. The minimum atomic E-state index is -1.06. The molecule has 0 radical (unpaired) electrons. The summed E-state index contributed by atoms with van der Waals surface area (Å²) in [6.45, 7) is 2.03. The molecule has 0 spiro atoms. The molecule has 24 heavy (non-hydrogen) atoms. The second kappa shape index (κ2) is 6.84. The molecule has 0 bridgehead atoms. The number of carbonyl (C=O) groups excluding carboxylic acids is 1. The maximum absolute atomic E-state index is 10.7. The molecule has 1 aromatic carbocycles. The molecule has 0 saturated carbocycles. The van der Waals surface area contributed by atoms with Gasteiger partial charge < -0.3 is 10.0 Å². The van der Waals surface area contributed by atoms with Gasteiger partial charge in [-0.2, -0.15) is 0 Å². The van der Waals surface area contributed by atoms with E-state index in [-0.39, 0.29) is 11.5 Å². The number of hydrogen-bond acceptors (Lipinski definition) is 5. The van der Waals surface area contributed by atoms with Crippen molar-refractivity contribution in [2.75, 3.05) is 18.0 Å². The van der Waals surface area contributed by atoms with Crippen LogP contribution in [-0.2, 0) is 0 Å². The zero-order valence-electron chi connectivity index (χ0n) is 12.8. The van der Waals surface area contributed by atoms with Crippen LogP contribution in [0.5, 0.6) is 0 Å². The van der Waals surface area contributed by atoms with E-state index in [9.17, 15) is 4.79 Å². The fourth-order valence-corrected chi connectivity index (χ4v) is 3.01. The van der Waals surface area contributed by atoms with Gasteiger partial charge in [0, 0.05) is 18.7 Å². The van der Waals surface area contributed by atoms with E-state index in [2.05, 4.69) is 20.2 Å². The van der Waals surface area contributed by atoms with E-state index in [1.165, 1.54) is 19.2 Å². The monoisotopic (exact) mass is 346 g/mol. The molecule has 0 atom stereocenters. The van der Waals surface area contributed by atoms with E-state index in [1.807, 2.05) is 18.2 Å². The van der Waals surface area contributed by atoms with Gasteiger partial charge in [-0.15, -0.1) is 0 Å². The number of hydrogen-bond donors (Lipinski definition) is 2. The number of rotatable bonds is 3. The van der Waals surface area contributed by atoms with Gasteiger partial charge in [-0.25, -0.2) is 15.3 Å².